The molecule has 0 fully saturated rings. The monoisotopic (exact) mass is 286 g/mol. The third-order valence-electron chi connectivity index (χ3n) is 2.77. The number of nitro groups is 1. The summed E-state index contributed by atoms with van der Waals surface area (Å²) in [6.07, 6.45) is 0.712. The molecule has 0 aliphatic heterocycles. The van der Waals surface area contributed by atoms with Gasteiger partial charge in [0.25, 0.3) is 5.69 Å². The average molecular weight is 286 g/mol. The molecule has 0 amide bonds. The molecular weight excluding hydrogens is 268 g/mol. The number of nitro benzene ring substituents is 1. The summed E-state index contributed by atoms with van der Waals surface area (Å²) >= 11 is 0. The molecule has 106 valence electrons. The van der Waals surface area contributed by atoms with Gasteiger partial charge < -0.3 is 5.32 Å². The van der Waals surface area contributed by atoms with Crippen LogP contribution in [0.4, 0.5) is 5.69 Å². The fourth-order valence-electron chi connectivity index (χ4n) is 1.51. The highest BCUT2D eigenvalue weighted by molar-refractivity contribution is 7.91. The smallest absolute Gasteiger partial charge is 0.269 e. The topological polar surface area (TPSA) is 89.3 Å². The van der Waals surface area contributed by atoms with Crippen molar-refractivity contribution in [3.63, 3.8) is 0 Å². The molecule has 1 aromatic rings. The van der Waals surface area contributed by atoms with Crippen molar-refractivity contribution >= 4 is 15.5 Å². The Morgan fingerprint density at radius 2 is 1.84 bits per heavy atom. The number of hydrogen-bond donors (Lipinski definition) is 1. The van der Waals surface area contributed by atoms with Crippen LogP contribution < -0.4 is 5.32 Å². The van der Waals surface area contributed by atoms with Crippen molar-refractivity contribution in [3.8, 4) is 0 Å². The minimum atomic E-state index is -2.92. The number of rotatable bonds is 8. The zero-order valence-electron chi connectivity index (χ0n) is 10.8. The van der Waals surface area contributed by atoms with Gasteiger partial charge in [-0.15, -0.1) is 0 Å². The van der Waals surface area contributed by atoms with E-state index in [1.54, 1.807) is 19.1 Å². The summed E-state index contributed by atoms with van der Waals surface area (Å²) in [4.78, 5) is 10.0. The molecule has 0 heterocycles. The highest BCUT2D eigenvalue weighted by Crippen LogP contribution is 2.11. The Hall–Kier alpha value is -1.47. The van der Waals surface area contributed by atoms with Gasteiger partial charge in [-0.25, -0.2) is 8.42 Å². The van der Waals surface area contributed by atoms with Crippen LogP contribution in [0.2, 0.25) is 0 Å². The predicted octanol–water partition coefficient (Wildman–Crippen LogP) is 1.16. The normalized spacial score (nSPS) is 11.4. The van der Waals surface area contributed by atoms with E-state index in [9.17, 15) is 18.5 Å². The van der Waals surface area contributed by atoms with Gasteiger partial charge in [-0.3, -0.25) is 10.1 Å². The number of nitrogens with one attached hydrogen (secondary N) is 1. The third kappa shape index (κ3) is 5.80. The van der Waals surface area contributed by atoms with Gasteiger partial charge in [0.05, 0.1) is 10.7 Å². The molecule has 1 N–H and O–H groups in total. The van der Waals surface area contributed by atoms with Crippen LogP contribution in [0.25, 0.3) is 0 Å². The Labute approximate surface area is 112 Å². The van der Waals surface area contributed by atoms with Crippen LogP contribution in [-0.4, -0.2) is 37.9 Å². The van der Waals surface area contributed by atoms with Crippen LogP contribution >= 0.6 is 0 Å². The molecule has 6 nitrogen and oxygen atoms in total. The van der Waals surface area contributed by atoms with Gasteiger partial charge in [0, 0.05) is 24.4 Å². The van der Waals surface area contributed by atoms with Gasteiger partial charge in [-0.05, 0) is 18.5 Å². The first-order valence-corrected chi connectivity index (χ1v) is 7.91. The molecular formula is C12H18N2O4S. The van der Waals surface area contributed by atoms with E-state index in [0.717, 1.165) is 5.56 Å². The molecule has 0 radical (unpaired) electrons. The molecule has 0 unspecified atom stereocenters. The second-order valence-electron chi connectivity index (χ2n) is 4.16. The SMILES string of the molecule is CCS(=O)(=O)CCNCCc1ccc([N+](=O)[O-])cc1. The molecule has 19 heavy (non-hydrogen) atoms. The molecule has 0 saturated heterocycles. The van der Waals surface area contributed by atoms with Gasteiger partial charge >= 0.3 is 0 Å². The van der Waals surface area contributed by atoms with E-state index in [1.807, 2.05) is 0 Å². The lowest BCUT2D eigenvalue weighted by atomic mass is 10.1. The van der Waals surface area contributed by atoms with Gasteiger partial charge in [-0.1, -0.05) is 19.1 Å². The predicted molar refractivity (Wildman–Crippen MR) is 74.0 cm³/mol. The van der Waals surface area contributed by atoms with E-state index in [0.29, 0.717) is 19.5 Å². The third-order valence-corrected chi connectivity index (χ3v) is 4.47. The molecule has 0 aromatic heterocycles. The molecule has 0 aliphatic carbocycles. The standard InChI is InChI=1S/C12H18N2O4S/c1-2-19(17,18)10-9-13-8-7-11-3-5-12(6-4-11)14(15)16/h3-6,13H,2,7-10H2,1H3. The van der Waals surface area contributed by atoms with Crippen LogP contribution in [-0.2, 0) is 16.3 Å². The van der Waals surface area contributed by atoms with Crippen LogP contribution in [0, 0.1) is 10.1 Å². The summed E-state index contributed by atoms with van der Waals surface area (Å²) in [6.45, 7) is 2.71. The van der Waals surface area contributed by atoms with E-state index >= 15 is 0 Å². The van der Waals surface area contributed by atoms with Gasteiger partial charge in [0.2, 0.25) is 0 Å². The average Bonchev–Trinajstić information content (AvgIpc) is 2.39. The Morgan fingerprint density at radius 3 is 2.37 bits per heavy atom. The van der Waals surface area contributed by atoms with Crippen molar-refractivity contribution in [1.82, 2.24) is 5.32 Å². The molecule has 0 aliphatic rings. The molecule has 1 rings (SSSR count). The Morgan fingerprint density at radius 1 is 1.21 bits per heavy atom. The summed E-state index contributed by atoms with van der Waals surface area (Å²) in [5.41, 5.74) is 1.06. The maximum Gasteiger partial charge on any atom is 0.269 e. The number of nitrogens with zero attached hydrogens (tertiary/aromatic N) is 1. The van der Waals surface area contributed by atoms with Crippen molar-refractivity contribution in [2.45, 2.75) is 13.3 Å². The fraction of sp³-hybridized carbons (Fsp3) is 0.500. The molecule has 0 bridgehead atoms. The minimum absolute atomic E-state index is 0.0748. The number of non-ortho nitro benzene ring substituents is 1. The summed E-state index contributed by atoms with van der Waals surface area (Å²) in [5.74, 6) is 0.306. The highest BCUT2D eigenvalue weighted by atomic mass is 32.2. The maximum absolute atomic E-state index is 11.2. The molecule has 0 atom stereocenters. The van der Waals surface area contributed by atoms with Crippen molar-refractivity contribution < 1.29 is 13.3 Å². The second-order valence-corrected chi connectivity index (χ2v) is 6.63. The summed E-state index contributed by atoms with van der Waals surface area (Å²) in [5, 5.41) is 13.5. The Balaban J connectivity index is 2.28. The van der Waals surface area contributed by atoms with Gasteiger partial charge in [0.1, 0.15) is 0 Å². The Kier molecular flexibility index (Phi) is 5.91. The van der Waals surface area contributed by atoms with Crippen molar-refractivity contribution in [2.75, 3.05) is 24.6 Å². The molecule has 0 saturated carbocycles. The van der Waals surface area contributed by atoms with Crippen LogP contribution in [0.1, 0.15) is 12.5 Å². The zero-order chi connectivity index (χ0) is 14.3. The lowest BCUT2D eigenvalue weighted by molar-refractivity contribution is -0.384. The Bertz CT molecular complexity index is 511. The molecule has 0 spiro atoms. The van der Waals surface area contributed by atoms with Gasteiger partial charge in [-0.2, -0.15) is 0 Å². The number of sulfone groups is 1. The zero-order valence-corrected chi connectivity index (χ0v) is 11.6. The van der Waals surface area contributed by atoms with E-state index in [1.165, 1.54) is 12.1 Å². The molecule has 1 aromatic carbocycles. The van der Waals surface area contributed by atoms with Crippen LogP contribution in [0.3, 0.4) is 0 Å². The first kappa shape index (κ1) is 15.6. The maximum atomic E-state index is 11.2. The number of benzene rings is 1. The molecule has 7 heteroatoms. The van der Waals surface area contributed by atoms with Gasteiger partial charge in [0.15, 0.2) is 9.84 Å². The lowest BCUT2D eigenvalue weighted by Crippen LogP contribution is -2.25. The fourth-order valence-corrected chi connectivity index (χ4v) is 2.26. The summed E-state index contributed by atoms with van der Waals surface area (Å²) in [7, 11) is -2.92. The largest absolute Gasteiger partial charge is 0.315 e. The number of hydrogen-bond acceptors (Lipinski definition) is 5. The minimum Gasteiger partial charge on any atom is -0.315 e. The van der Waals surface area contributed by atoms with Crippen molar-refractivity contribution in [1.29, 1.82) is 0 Å². The van der Waals surface area contributed by atoms with E-state index in [4.69, 9.17) is 0 Å². The summed E-state index contributed by atoms with van der Waals surface area (Å²) in [6, 6.07) is 6.36. The first-order valence-electron chi connectivity index (χ1n) is 6.09. The van der Waals surface area contributed by atoms with E-state index in [2.05, 4.69) is 5.32 Å². The van der Waals surface area contributed by atoms with E-state index in [-0.39, 0.29) is 17.2 Å². The quantitative estimate of drug-likeness (QED) is 0.440. The lowest BCUT2D eigenvalue weighted by Gasteiger charge is -2.05. The second kappa shape index (κ2) is 7.20. The van der Waals surface area contributed by atoms with Crippen LogP contribution in [0.15, 0.2) is 24.3 Å². The van der Waals surface area contributed by atoms with Crippen molar-refractivity contribution in [2.24, 2.45) is 0 Å². The van der Waals surface area contributed by atoms with Crippen molar-refractivity contribution in [3.05, 3.63) is 39.9 Å². The van der Waals surface area contributed by atoms with Crippen LogP contribution in [0.5, 0.6) is 0 Å². The van der Waals surface area contributed by atoms with E-state index < -0.39 is 14.8 Å². The highest BCUT2D eigenvalue weighted by Gasteiger charge is 2.06. The summed E-state index contributed by atoms with van der Waals surface area (Å²) < 4.78 is 22.5. The first-order chi connectivity index (χ1) is 8.94.